The molecule has 0 radical (unpaired) electrons. The topological polar surface area (TPSA) is 79.4 Å². The Labute approximate surface area is 189 Å². The van der Waals surface area contributed by atoms with Crippen LogP contribution in [0.15, 0.2) is 18.2 Å². The third-order valence-corrected chi connectivity index (χ3v) is 7.15. The van der Waals surface area contributed by atoms with E-state index in [9.17, 15) is 14.4 Å². The van der Waals surface area contributed by atoms with Crippen LogP contribution in [0.5, 0.6) is 0 Å². The molecule has 3 rings (SSSR count). The summed E-state index contributed by atoms with van der Waals surface area (Å²) in [6, 6.07) is 4.71. The molecule has 8 nitrogen and oxygen atoms in total. The molecule has 2 aliphatic heterocycles. The fraction of sp³-hybridized carbons (Fsp3) is 0.526. The Bertz CT molecular complexity index is 795. The van der Waals surface area contributed by atoms with Gasteiger partial charge in [0.25, 0.3) is 0 Å². The van der Waals surface area contributed by atoms with Crippen molar-refractivity contribution in [1.82, 2.24) is 9.80 Å². The molecule has 1 aromatic rings. The van der Waals surface area contributed by atoms with Crippen molar-refractivity contribution >= 4 is 58.5 Å². The van der Waals surface area contributed by atoms with Gasteiger partial charge in [-0.15, -0.1) is 11.8 Å². The van der Waals surface area contributed by atoms with Crippen LogP contribution >= 0.6 is 35.0 Å². The van der Waals surface area contributed by atoms with Crippen molar-refractivity contribution in [3.63, 3.8) is 0 Å². The van der Waals surface area contributed by atoms with Crippen LogP contribution in [-0.4, -0.2) is 91.8 Å². The standard InChI is InChI=1S/C19H23Cl2N3O5S/c1-28-18(26)15-11-30-17(19(27)29-2)24(15)16(25)10-22-5-7-23(8-6-22)12-3-4-13(20)14(21)9-12/h3-4,9,15,17H,5-8,10-11H2,1-2H3. The summed E-state index contributed by atoms with van der Waals surface area (Å²) in [6.07, 6.45) is 0. The minimum atomic E-state index is -0.843. The van der Waals surface area contributed by atoms with Gasteiger partial charge >= 0.3 is 11.9 Å². The number of hydrogen-bond acceptors (Lipinski definition) is 8. The second kappa shape index (κ2) is 10.1. The number of halogens is 2. The van der Waals surface area contributed by atoms with Gasteiger partial charge in [-0.2, -0.15) is 0 Å². The summed E-state index contributed by atoms with van der Waals surface area (Å²) in [7, 11) is 2.53. The van der Waals surface area contributed by atoms with Crippen molar-refractivity contribution in [3.8, 4) is 0 Å². The summed E-state index contributed by atoms with van der Waals surface area (Å²) in [5.74, 6) is -1.09. The lowest BCUT2D eigenvalue weighted by molar-refractivity contribution is -0.157. The number of piperazine rings is 1. The largest absolute Gasteiger partial charge is 0.467 e. The predicted molar refractivity (Wildman–Crippen MR) is 116 cm³/mol. The number of hydrogen-bond donors (Lipinski definition) is 0. The molecule has 2 aliphatic rings. The van der Waals surface area contributed by atoms with Gasteiger partial charge in [0.05, 0.1) is 30.8 Å². The Morgan fingerprint density at radius 3 is 2.30 bits per heavy atom. The Balaban J connectivity index is 1.62. The number of methoxy groups -OCH3 is 2. The van der Waals surface area contributed by atoms with E-state index in [0.717, 1.165) is 5.69 Å². The van der Waals surface area contributed by atoms with Crippen molar-refractivity contribution in [2.75, 3.05) is 57.6 Å². The van der Waals surface area contributed by atoms with Gasteiger partial charge in [0, 0.05) is 37.6 Å². The van der Waals surface area contributed by atoms with Crippen LogP contribution in [0.25, 0.3) is 0 Å². The molecular formula is C19H23Cl2N3O5S. The van der Waals surface area contributed by atoms with Gasteiger partial charge in [-0.1, -0.05) is 23.2 Å². The van der Waals surface area contributed by atoms with Crippen LogP contribution in [-0.2, 0) is 23.9 Å². The van der Waals surface area contributed by atoms with E-state index in [1.54, 1.807) is 6.07 Å². The number of rotatable bonds is 5. The molecule has 2 heterocycles. The zero-order valence-electron chi connectivity index (χ0n) is 16.7. The van der Waals surface area contributed by atoms with Crippen LogP contribution in [0.4, 0.5) is 5.69 Å². The van der Waals surface area contributed by atoms with Crippen molar-refractivity contribution in [3.05, 3.63) is 28.2 Å². The summed E-state index contributed by atoms with van der Waals surface area (Å²) in [4.78, 5) is 42.7. The van der Waals surface area contributed by atoms with E-state index in [1.165, 1.54) is 30.9 Å². The molecule has 0 spiro atoms. The van der Waals surface area contributed by atoms with E-state index < -0.39 is 23.4 Å². The fourth-order valence-electron chi connectivity index (χ4n) is 3.53. The van der Waals surface area contributed by atoms with Crippen LogP contribution < -0.4 is 4.90 Å². The summed E-state index contributed by atoms with van der Waals surface area (Å²) in [5.41, 5.74) is 0.975. The van der Waals surface area contributed by atoms with Gasteiger partial charge in [0.2, 0.25) is 5.91 Å². The maximum atomic E-state index is 13.0. The second-order valence-corrected chi connectivity index (χ2v) is 8.84. The molecule has 2 fully saturated rings. The SMILES string of the molecule is COC(=O)C1CSC(C(=O)OC)N1C(=O)CN1CCN(c2ccc(Cl)c(Cl)c2)CC1. The zero-order valence-corrected chi connectivity index (χ0v) is 19.0. The normalized spacial score (nSPS) is 22.1. The number of carbonyl (C=O) groups is 3. The maximum absolute atomic E-state index is 13.0. The van der Waals surface area contributed by atoms with E-state index >= 15 is 0 Å². The molecule has 2 atom stereocenters. The number of esters is 2. The van der Waals surface area contributed by atoms with E-state index in [0.29, 0.717) is 42.0 Å². The number of nitrogens with zero attached hydrogens (tertiary/aromatic N) is 3. The lowest BCUT2D eigenvalue weighted by Gasteiger charge is -2.37. The Morgan fingerprint density at radius 2 is 1.70 bits per heavy atom. The van der Waals surface area contributed by atoms with E-state index in [2.05, 4.69) is 4.90 Å². The molecule has 164 valence electrons. The average Bonchev–Trinajstić information content (AvgIpc) is 3.20. The van der Waals surface area contributed by atoms with Crippen molar-refractivity contribution in [1.29, 1.82) is 0 Å². The maximum Gasteiger partial charge on any atom is 0.339 e. The molecule has 2 unspecified atom stereocenters. The Hall–Kier alpha value is -1.68. The number of ether oxygens (including phenoxy) is 2. The molecule has 0 N–H and O–H groups in total. The first-order valence-electron chi connectivity index (χ1n) is 9.36. The fourth-order valence-corrected chi connectivity index (χ4v) is 5.14. The minimum Gasteiger partial charge on any atom is -0.467 e. The highest BCUT2D eigenvalue weighted by atomic mass is 35.5. The highest BCUT2D eigenvalue weighted by Crippen LogP contribution is 2.31. The summed E-state index contributed by atoms with van der Waals surface area (Å²) in [6.45, 7) is 2.83. The smallest absolute Gasteiger partial charge is 0.339 e. The van der Waals surface area contributed by atoms with Crippen LogP contribution in [0, 0.1) is 0 Å². The molecule has 0 aliphatic carbocycles. The van der Waals surface area contributed by atoms with E-state index in [1.807, 2.05) is 17.0 Å². The molecule has 1 aromatic carbocycles. The molecule has 30 heavy (non-hydrogen) atoms. The molecule has 11 heteroatoms. The predicted octanol–water partition coefficient (Wildman–Crippen LogP) is 1.73. The van der Waals surface area contributed by atoms with E-state index in [4.69, 9.17) is 32.7 Å². The van der Waals surface area contributed by atoms with Gasteiger partial charge in [-0.25, -0.2) is 9.59 Å². The van der Waals surface area contributed by atoms with Gasteiger partial charge in [-0.3, -0.25) is 9.69 Å². The van der Waals surface area contributed by atoms with Crippen molar-refractivity contribution < 1.29 is 23.9 Å². The molecule has 2 saturated heterocycles. The molecule has 0 bridgehead atoms. The van der Waals surface area contributed by atoms with Crippen molar-refractivity contribution in [2.24, 2.45) is 0 Å². The zero-order chi connectivity index (χ0) is 21.8. The molecule has 0 aromatic heterocycles. The highest BCUT2D eigenvalue weighted by molar-refractivity contribution is 8.00. The van der Waals surface area contributed by atoms with Crippen molar-refractivity contribution in [2.45, 2.75) is 11.4 Å². The molecular weight excluding hydrogens is 453 g/mol. The third kappa shape index (κ3) is 4.96. The highest BCUT2D eigenvalue weighted by Gasteiger charge is 2.46. The third-order valence-electron chi connectivity index (χ3n) is 5.16. The Kier molecular flexibility index (Phi) is 7.73. The number of carbonyl (C=O) groups excluding carboxylic acids is 3. The minimum absolute atomic E-state index is 0.108. The first-order valence-corrected chi connectivity index (χ1v) is 11.2. The number of benzene rings is 1. The van der Waals surface area contributed by atoms with Gasteiger partial charge in [0.1, 0.15) is 6.04 Å². The monoisotopic (exact) mass is 475 g/mol. The van der Waals surface area contributed by atoms with Crippen LogP contribution in [0.3, 0.4) is 0 Å². The van der Waals surface area contributed by atoms with E-state index in [-0.39, 0.29) is 12.5 Å². The molecule has 1 amide bonds. The summed E-state index contributed by atoms with van der Waals surface area (Å²) >= 11 is 13.3. The number of amides is 1. The number of anilines is 1. The first-order chi connectivity index (χ1) is 14.3. The lowest BCUT2D eigenvalue weighted by atomic mass is 10.2. The number of thioether (sulfide) groups is 1. The second-order valence-electron chi connectivity index (χ2n) is 6.91. The van der Waals surface area contributed by atoms with Gasteiger partial charge < -0.3 is 19.3 Å². The first kappa shape index (κ1) is 23.0. The summed E-state index contributed by atoms with van der Waals surface area (Å²) in [5, 5.41) is 0.165. The van der Waals surface area contributed by atoms with Crippen LogP contribution in [0.1, 0.15) is 0 Å². The van der Waals surface area contributed by atoms with Crippen LogP contribution in [0.2, 0.25) is 10.0 Å². The Morgan fingerprint density at radius 1 is 1.03 bits per heavy atom. The molecule has 0 saturated carbocycles. The van der Waals surface area contributed by atoms with Gasteiger partial charge in [0.15, 0.2) is 5.37 Å². The summed E-state index contributed by atoms with van der Waals surface area (Å²) < 4.78 is 9.61. The van der Waals surface area contributed by atoms with Gasteiger partial charge in [-0.05, 0) is 18.2 Å². The average molecular weight is 476 g/mol. The quantitative estimate of drug-likeness (QED) is 0.595. The lowest BCUT2D eigenvalue weighted by Crippen LogP contribution is -2.54.